The lowest BCUT2D eigenvalue weighted by Gasteiger charge is -2.30. The lowest BCUT2D eigenvalue weighted by Crippen LogP contribution is -2.43. The Balaban J connectivity index is 0.00000162. The zero-order valence-corrected chi connectivity index (χ0v) is 10.3. The molecule has 1 fully saturated rings. The molecule has 1 aliphatic heterocycles. The van der Waals surface area contributed by atoms with E-state index in [1.165, 1.54) is 0 Å². The molecule has 0 unspecified atom stereocenters. The molecule has 1 aromatic rings. The van der Waals surface area contributed by atoms with Gasteiger partial charge in [0.1, 0.15) is 5.75 Å². The number of phenolic OH excluding ortho intramolecular Hbond substituents is 1. The normalized spacial score (nSPS) is 16.3. The summed E-state index contributed by atoms with van der Waals surface area (Å²) in [7, 11) is 0. The van der Waals surface area contributed by atoms with Crippen molar-refractivity contribution in [3.63, 3.8) is 0 Å². The molecule has 7 heteroatoms. The number of nitrogens with one attached hydrogen (secondary N) is 1. The van der Waals surface area contributed by atoms with Crippen LogP contribution in [0.25, 0.3) is 0 Å². The number of rotatable bonds is 1. The number of anilines is 1. The van der Waals surface area contributed by atoms with E-state index in [0.717, 1.165) is 18.2 Å². The Morgan fingerprint density at radius 1 is 1.17 bits per heavy atom. The summed E-state index contributed by atoms with van der Waals surface area (Å²) in [6.07, 6.45) is -4.38. The van der Waals surface area contributed by atoms with Crippen LogP contribution in [0.2, 0.25) is 0 Å². The smallest absolute Gasteiger partial charge is 0.416 e. The van der Waals surface area contributed by atoms with E-state index in [1.807, 2.05) is 0 Å². The van der Waals surface area contributed by atoms with Crippen molar-refractivity contribution in [2.45, 2.75) is 6.18 Å². The summed E-state index contributed by atoms with van der Waals surface area (Å²) in [6, 6.07) is 2.99. The van der Waals surface area contributed by atoms with Crippen LogP contribution < -0.4 is 10.2 Å². The van der Waals surface area contributed by atoms with Crippen LogP contribution in [0.5, 0.6) is 5.75 Å². The summed E-state index contributed by atoms with van der Waals surface area (Å²) in [5.74, 6) is -0.111. The van der Waals surface area contributed by atoms with Gasteiger partial charge in [0.25, 0.3) is 0 Å². The quantitative estimate of drug-likeness (QED) is 0.829. The molecular weight excluding hydrogens is 269 g/mol. The lowest BCUT2D eigenvalue weighted by atomic mass is 10.1. The number of benzene rings is 1. The van der Waals surface area contributed by atoms with Gasteiger partial charge in [-0.1, -0.05) is 0 Å². The fourth-order valence-corrected chi connectivity index (χ4v) is 1.86. The van der Waals surface area contributed by atoms with Crippen LogP contribution >= 0.6 is 12.4 Å². The van der Waals surface area contributed by atoms with Crippen molar-refractivity contribution in [3.8, 4) is 5.75 Å². The predicted octanol–water partition coefficient (Wildman–Crippen LogP) is 2.24. The first-order chi connectivity index (χ1) is 7.98. The summed E-state index contributed by atoms with van der Waals surface area (Å²) in [5, 5.41) is 12.7. The summed E-state index contributed by atoms with van der Waals surface area (Å²) in [6.45, 7) is 2.59. The third kappa shape index (κ3) is 3.20. The molecule has 0 spiro atoms. The van der Waals surface area contributed by atoms with Gasteiger partial charge in [0.15, 0.2) is 0 Å². The van der Waals surface area contributed by atoms with Crippen molar-refractivity contribution < 1.29 is 18.3 Å². The first-order valence-corrected chi connectivity index (χ1v) is 5.34. The Bertz CT molecular complexity index is 406. The molecule has 2 N–H and O–H groups in total. The van der Waals surface area contributed by atoms with Crippen molar-refractivity contribution in [3.05, 3.63) is 23.8 Å². The highest BCUT2D eigenvalue weighted by Crippen LogP contribution is 2.36. The fraction of sp³-hybridized carbons (Fsp3) is 0.455. The molecule has 0 bridgehead atoms. The average Bonchev–Trinajstić information content (AvgIpc) is 2.29. The van der Waals surface area contributed by atoms with Gasteiger partial charge in [-0.3, -0.25) is 0 Å². The van der Waals surface area contributed by atoms with E-state index in [4.69, 9.17) is 0 Å². The first-order valence-electron chi connectivity index (χ1n) is 5.34. The Morgan fingerprint density at radius 2 is 1.78 bits per heavy atom. The molecule has 1 aromatic carbocycles. The monoisotopic (exact) mass is 282 g/mol. The van der Waals surface area contributed by atoms with Gasteiger partial charge in [-0.05, 0) is 18.2 Å². The highest BCUT2D eigenvalue weighted by Gasteiger charge is 2.31. The van der Waals surface area contributed by atoms with E-state index in [1.54, 1.807) is 4.90 Å². The second kappa shape index (κ2) is 5.67. The van der Waals surface area contributed by atoms with Crippen LogP contribution in [0.15, 0.2) is 18.2 Å². The zero-order valence-electron chi connectivity index (χ0n) is 9.50. The third-order valence-electron chi connectivity index (χ3n) is 2.76. The lowest BCUT2D eigenvalue weighted by molar-refractivity contribution is -0.137. The second-order valence-corrected chi connectivity index (χ2v) is 3.94. The van der Waals surface area contributed by atoms with Gasteiger partial charge in [0.05, 0.1) is 11.3 Å². The Labute approximate surface area is 109 Å². The largest absolute Gasteiger partial charge is 0.506 e. The first kappa shape index (κ1) is 14.9. The number of nitrogens with zero attached hydrogens (tertiary/aromatic N) is 1. The van der Waals surface area contributed by atoms with E-state index in [0.29, 0.717) is 26.2 Å². The van der Waals surface area contributed by atoms with Gasteiger partial charge in [-0.15, -0.1) is 12.4 Å². The summed E-state index contributed by atoms with van der Waals surface area (Å²) in [5.41, 5.74) is -0.481. The molecule has 0 amide bonds. The van der Waals surface area contributed by atoms with Crippen molar-refractivity contribution in [2.24, 2.45) is 0 Å². The molecule has 0 saturated carbocycles. The molecule has 1 aliphatic rings. The summed E-state index contributed by atoms with van der Waals surface area (Å²) >= 11 is 0. The van der Waals surface area contributed by atoms with Crippen LogP contribution in [0.1, 0.15) is 5.56 Å². The minimum Gasteiger partial charge on any atom is -0.506 e. The highest BCUT2D eigenvalue weighted by molar-refractivity contribution is 5.85. The van der Waals surface area contributed by atoms with Gasteiger partial charge < -0.3 is 15.3 Å². The van der Waals surface area contributed by atoms with E-state index >= 15 is 0 Å². The number of hydrogen-bond donors (Lipinski definition) is 2. The van der Waals surface area contributed by atoms with Crippen LogP contribution in [-0.4, -0.2) is 31.3 Å². The zero-order chi connectivity index (χ0) is 12.5. The van der Waals surface area contributed by atoms with Crippen LogP contribution in [0.4, 0.5) is 18.9 Å². The molecule has 1 saturated heterocycles. The van der Waals surface area contributed by atoms with E-state index in [-0.39, 0.29) is 23.8 Å². The van der Waals surface area contributed by atoms with Crippen LogP contribution in [0.3, 0.4) is 0 Å². The third-order valence-corrected chi connectivity index (χ3v) is 2.76. The molecule has 18 heavy (non-hydrogen) atoms. The number of alkyl halides is 3. The van der Waals surface area contributed by atoms with Gasteiger partial charge >= 0.3 is 6.18 Å². The molecule has 2 rings (SSSR count). The minimum atomic E-state index is -4.38. The van der Waals surface area contributed by atoms with Gasteiger partial charge in [-0.2, -0.15) is 13.2 Å². The highest BCUT2D eigenvalue weighted by atomic mass is 35.5. The topological polar surface area (TPSA) is 35.5 Å². The minimum absolute atomic E-state index is 0. The van der Waals surface area contributed by atoms with E-state index in [9.17, 15) is 18.3 Å². The van der Waals surface area contributed by atoms with Crippen molar-refractivity contribution in [1.29, 1.82) is 0 Å². The molecule has 102 valence electrons. The summed E-state index contributed by atoms with van der Waals surface area (Å²) in [4.78, 5) is 1.75. The summed E-state index contributed by atoms with van der Waals surface area (Å²) < 4.78 is 37.7. The molecular formula is C11H14ClF3N2O. The number of halogens is 4. The van der Waals surface area contributed by atoms with Gasteiger partial charge in [-0.25, -0.2) is 0 Å². The van der Waals surface area contributed by atoms with Crippen LogP contribution in [0, 0.1) is 0 Å². The van der Waals surface area contributed by atoms with Crippen molar-refractivity contribution in [2.75, 3.05) is 31.1 Å². The average molecular weight is 283 g/mol. The van der Waals surface area contributed by atoms with Crippen LogP contribution in [-0.2, 0) is 6.18 Å². The molecule has 0 radical (unpaired) electrons. The number of hydrogen-bond acceptors (Lipinski definition) is 3. The number of aromatic hydroxyl groups is 1. The Kier molecular flexibility index (Phi) is 4.70. The molecule has 0 aliphatic carbocycles. The Morgan fingerprint density at radius 3 is 2.33 bits per heavy atom. The number of piperazine rings is 1. The molecule has 3 nitrogen and oxygen atoms in total. The maximum atomic E-state index is 12.6. The SMILES string of the molecule is Cl.Oc1ccc(C(F)(F)F)cc1N1CCNCC1. The van der Waals surface area contributed by atoms with E-state index in [2.05, 4.69) is 5.32 Å². The molecule has 0 aromatic heterocycles. The Hall–Kier alpha value is -1.14. The molecule has 0 atom stereocenters. The maximum absolute atomic E-state index is 12.6. The standard InChI is InChI=1S/C11H13F3N2O.ClH/c12-11(13,14)8-1-2-10(17)9(7-8)16-5-3-15-4-6-16;/h1-2,7,15,17H,3-6H2;1H. The van der Waals surface area contributed by atoms with E-state index < -0.39 is 11.7 Å². The van der Waals surface area contributed by atoms with Gasteiger partial charge in [0, 0.05) is 26.2 Å². The number of phenols is 1. The second-order valence-electron chi connectivity index (χ2n) is 3.94. The fourth-order valence-electron chi connectivity index (χ4n) is 1.86. The van der Waals surface area contributed by atoms with Crippen molar-refractivity contribution in [1.82, 2.24) is 5.32 Å². The van der Waals surface area contributed by atoms with Crippen molar-refractivity contribution >= 4 is 18.1 Å². The maximum Gasteiger partial charge on any atom is 0.416 e. The van der Waals surface area contributed by atoms with Gasteiger partial charge in [0.2, 0.25) is 0 Å². The molecule has 1 heterocycles. The predicted molar refractivity (Wildman–Crippen MR) is 65.4 cm³/mol.